The third-order valence-electron chi connectivity index (χ3n) is 10.2. The number of nitrogens with two attached hydrogens (primary N) is 6. The molecule has 16 nitrogen and oxygen atoms in total. The number of carbonyl (C=O) groups is 4. The summed E-state index contributed by atoms with van der Waals surface area (Å²) in [5, 5.41) is 16.1. The van der Waals surface area contributed by atoms with Gasteiger partial charge < -0.3 is 43.9 Å². The summed E-state index contributed by atoms with van der Waals surface area (Å²) < 4.78 is 8.98. The highest BCUT2D eigenvalue weighted by Crippen LogP contribution is 2.29. The lowest BCUT2D eigenvalue weighted by atomic mass is 10.1. The van der Waals surface area contributed by atoms with E-state index >= 15 is 0 Å². The SMILES string of the molecule is Nc1ccc(C#CC#Cc2ccc(N)cc2)cc1.Nc1ccc(C=Cc2ccc(N)cc2)cc1.Nc1ccc(N=Nc2ccc(N)cc2)cc1.O=C1OC(=O)c2cc(N=Nc3ccc4c(c3)C(=O)OC4=O)ccc21. The van der Waals surface area contributed by atoms with Crippen LogP contribution in [-0.2, 0) is 9.47 Å². The molecule has 2 heterocycles. The minimum absolute atomic E-state index is 0.125. The number of esters is 4. The van der Waals surface area contributed by atoms with Gasteiger partial charge >= 0.3 is 23.9 Å². The molecule has 74 heavy (non-hydrogen) atoms. The first-order chi connectivity index (χ1) is 35.7. The number of nitrogen functional groups attached to an aromatic ring is 6. The van der Waals surface area contributed by atoms with Crippen LogP contribution < -0.4 is 34.4 Å². The molecule has 8 aromatic rings. The first-order valence-electron chi connectivity index (χ1n) is 22.2. The predicted molar refractivity (Wildman–Crippen MR) is 289 cm³/mol. The van der Waals surface area contributed by atoms with Crippen molar-refractivity contribution in [1.29, 1.82) is 0 Å². The largest absolute Gasteiger partial charge is 0.399 e. The molecule has 16 heteroatoms. The Morgan fingerprint density at radius 3 is 0.892 bits per heavy atom. The van der Waals surface area contributed by atoms with Crippen molar-refractivity contribution >= 4 is 92.9 Å². The zero-order chi connectivity index (χ0) is 52.4. The van der Waals surface area contributed by atoms with Gasteiger partial charge in [0.15, 0.2) is 0 Å². The Labute approximate surface area is 425 Å². The average molecular weight is 977 g/mol. The summed E-state index contributed by atoms with van der Waals surface area (Å²) in [4.78, 5) is 45.7. The van der Waals surface area contributed by atoms with Crippen molar-refractivity contribution in [2.75, 3.05) is 34.4 Å². The van der Waals surface area contributed by atoms with Crippen LogP contribution in [0, 0.1) is 23.7 Å². The number of cyclic esters (lactones) is 4. The number of hydrogen-bond acceptors (Lipinski definition) is 16. The van der Waals surface area contributed by atoms with Gasteiger partial charge in [-0.15, -0.1) is 0 Å². The fraction of sp³-hybridized carbons (Fsp3) is 0. The molecule has 0 unspecified atom stereocenters. The second-order valence-corrected chi connectivity index (χ2v) is 15.8. The third-order valence-corrected chi connectivity index (χ3v) is 10.2. The summed E-state index contributed by atoms with van der Waals surface area (Å²) >= 11 is 0. The Hall–Kier alpha value is -11.1. The molecule has 10 rings (SSSR count). The van der Waals surface area contributed by atoms with Crippen LogP contribution in [0.3, 0.4) is 0 Å². The van der Waals surface area contributed by atoms with Crippen LogP contribution in [0.4, 0.5) is 56.9 Å². The highest BCUT2D eigenvalue weighted by atomic mass is 16.6. The van der Waals surface area contributed by atoms with Crippen LogP contribution in [0.15, 0.2) is 202 Å². The Kier molecular flexibility index (Phi) is 16.8. The molecular formula is C58H44N10O6. The minimum atomic E-state index is -0.731. The smallest absolute Gasteiger partial charge is 0.346 e. The standard InChI is InChI=1S/C16H6N2O6.C16H12N2.C14H14N2.C12H12N4/c19-13-9-3-1-7(5-11(9)15(21)23-13)17-18-8-2-4-10-12(6-8)16(22)24-14(10)20;17-15-9-5-13(6-10-15)3-1-2-4-14-7-11-16(18)12-8-14;15-13-7-3-11(4-8-13)1-2-12-5-9-14(16)10-6-12;13-9-1-5-11(6-2-9)15-16-12-7-3-10(14)4-8-12/h1-6H;5-12H,17-18H2;1-10H,15-16H2;1-8H,13-14H2. The molecule has 0 aromatic heterocycles. The molecule has 0 amide bonds. The number of nitrogens with zero attached hydrogens (tertiary/aromatic N) is 4. The minimum Gasteiger partial charge on any atom is -0.399 e. The zero-order valence-corrected chi connectivity index (χ0v) is 39.2. The van der Waals surface area contributed by atoms with Gasteiger partial charge in [0.05, 0.1) is 45.0 Å². The van der Waals surface area contributed by atoms with Gasteiger partial charge in [-0.1, -0.05) is 48.3 Å². The molecular weight excluding hydrogens is 933 g/mol. The van der Waals surface area contributed by atoms with Crippen molar-refractivity contribution < 1.29 is 28.7 Å². The van der Waals surface area contributed by atoms with E-state index in [9.17, 15) is 19.2 Å². The lowest BCUT2D eigenvalue weighted by molar-refractivity contribution is 0.0425. The quantitative estimate of drug-likeness (QED) is 0.0226. The first kappa shape index (κ1) is 50.8. The highest BCUT2D eigenvalue weighted by Gasteiger charge is 2.30. The van der Waals surface area contributed by atoms with E-state index in [1.807, 2.05) is 133 Å². The molecule has 0 saturated heterocycles. The summed E-state index contributed by atoms with van der Waals surface area (Å²) in [5.41, 5.74) is 44.8. The molecule has 8 aromatic carbocycles. The lowest BCUT2D eigenvalue weighted by Gasteiger charge is -1.97. The van der Waals surface area contributed by atoms with Crippen molar-refractivity contribution in [3.8, 4) is 23.7 Å². The van der Waals surface area contributed by atoms with E-state index in [1.54, 1.807) is 24.3 Å². The molecule has 0 saturated carbocycles. The van der Waals surface area contributed by atoms with Crippen molar-refractivity contribution in [3.63, 3.8) is 0 Å². The Morgan fingerprint density at radius 1 is 0.311 bits per heavy atom. The van der Waals surface area contributed by atoms with Gasteiger partial charge in [-0.2, -0.15) is 20.5 Å². The third kappa shape index (κ3) is 14.9. The number of ether oxygens (including phenoxy) is 2. The van der Waals surface area contributed by atoms with Crippen LogP contribution in [-0.4, -0.2) is 23.9 Å². The van der Waals surface area contributed by atoms with Crippen LogP contribution in [0.5, 0.6) is 0 Å². The molecule has 2 aliphatic heterocycles. The van der Waals surface area contributed by atoms with Crippen LogP contribution >= 0.6 is 0 Å². The van der Waals surface area contributed by atoms with E-state index in [2.05, 4.69) is 53.6 Å². The maximum atomic E-state index is 11.5. The maximum Gasteiger partial charge on any atom is 0.346 e. The van der Waals surface area contributed by atoms with Crippen molar-refractivity contribution in [1.82, 2.24) is 0 Å². The average Bonchev–Trinajstić information content (AvgIpc) is 3.86. The molecule has 0 radical (unpaired) electrons. The van der Waals surface area contributed by atoms with Gasteiger partial charge in [-0.25, -0.2) is 19.2 Å². The van der Waals surface area contributed by atoms with Crippen molar-refractivity contribution in [2.24, 2.45) is 20.5 Å². The molecule has 12 N–H and O–H groups in total. The summed E-state index contributed by atoms with van der Waals surface area (Å²) in [6, 6.07) is 53.3. The molecule has 0 bridgehead atoms. The second-order valence-electron chi connectivity index (χ2n) is 15.8. The summed E-state index contributed by atoms with van der Waals surface area (Å²) in [7, 11) is 0. The number of fused-ring (bicyclic) bond motifs is 2. The maximum absolute atomic E-state index is 11.5. The zero-order valence-electron chi connectivity index (χ0n) is 39.2. The summed E-state index contributed by atoms with van der Waals surface area (Å²) in [5.74, 6) is 8.65. The molecule has 0 fully saturated rings. The normalized spacial score (nSPS) is 11.8. The number of hydrogen-bond donors (Lipinski definition) is 6. The number of rotatable bonds is 6. The summed E-state index contributed by atoms with van der Waals surface area (Å²) in [6.45, 7) is 0. The number of anilines is 6. The molecule has 0 spiro atoms. The van der Waals surface area contributed by atoms with E-state index < -0.39 is 23.9 Å². The second kappa shape index (κ2) is 24.4. The van der Waals surface area contributed by atoms with Gasteiger partial charge in [0.2, 0.25) is 0 Å². The monoisotopic (exact) mass is 976 g/mol. The van der Waals surface area contributed by atoms with E-state index in [0.717, 1.165) is 56.4 Å². The lowest BCUT2D eigenvalue weighted by Crippen LogP contribution is -1.96. The Balaban J connectivity index is 0.000000147. The van der Waals surface area contributed by atoms with Gasteiger partial charge in [0, 0.05) is 45.3 Å². The summed E-state index contributed by atoms with van der Waals surface area (Å²) in [6.07, 6.45) is 4.09. The van der Waals surface area contributed by atoms with E-state index in [-0.39, 0.29) is 22.3 Å². The highest BCUT2D eigenvalue weighted by molar-refractivity contribution is 6.15. The molecule has 0 atom stereocenters. The van der Waals surface area contributed by atoms with Crippen LogP contribution in [0.2, 0.25) is 0 Å². The van der Waals surface area contributed by atoms with Gasteiger partial charge in [0.25, 0.3) is 0 Å². The molecule has 2 aliphatic rings. The molecule has 0 aliphatic carbocycles. The topological polar surface area (TPSA) is 292 Å². The van der Waals surface area contributed by atoms with E-state index in [1.165, 1.54) is 36.4 Å². The number of carbonyl (C=O) groups excluding carboxylic acids is 4. The number of azo groups is 2. The van der Waals surface area contributed by atoms with Crippen LogP contribution in [0.25, 0.3) is 12.2 Å². The first-order valence-corrected chi connectivity index (χ1v) is 22.2. The van der Waals surface area contributed by atoms with Gasteiger partial charge in [0.1, 0.15) is 0 Å². The fourth-order valence-electron chi connectivity index (χ4n) is 6.33. The Morgan fingerprint density at radius 2 is 0.568 bits per heavy atom. The van der Waals surface area contributed by atoms with E-state index in [0.29, 0.717) is 22.7 Å². The number of benzene rings is 8. The Bertz CT molecular complexity index is 3220. The van der Waals surface area contributed by atoms with Gasteiger partial charge in [-0.05, 0) is 181 Å². The molecule has 362 valence electrons. The predicted octanol–water partition coefficient (Wildman–Crippen LogP) is 11.3. The van der Waals surface area contributed by atoms with Crippen LogP contribution in [0.1, 0.15) is 63.7 Å². The fourth-order valence-corrected chi connectivity index (χ4v) is 6.33. The van der Waals surface area contributed by atoms with Crippen molar-refractivity contribution in [2.45, 2.75) is 0 Å². The van der Waals surface area contributed by atoms with Gasteiger partial charge in [-0.3, -0.25) is 0 Å². The van der Waals surface area contributed by atoms with Crippen molar-refractivity contribution in [3.05, 3.63) is 226 Å². The van der Waals surface area contributed by atoms with E-state index in [4.69, 9.17) is 34.4 Å².